The van der Waals surface area contributed by atoms with Crippen LogP contribution in [0.1, 0.15) is 45.0 Å². The number of pyridine rings is 1. The summed E-state index contributed by atoms with van der Waals surface area (Å²) in [7, 11) is 0. The van der Waals surface area contributed by atoms with E-state index in [1.165, 1.54) is 6.20 Å². The van der Waals surface area contributed by atoms with Crippen LogP contribution in [-0.4, -0.2) is 23.1 Å². The van der Waals surface area contributed by atoms with Gasteiger partial charge in [-0.15, -0.1) is 0 Å². The zero-order valence-electron chi connectivity index (χ0n) is 15.3. The Morgan fingerprint density at radius 2 is 1.88 bits per heavy atom. The Balaban J connectivity index is 2.59. The molecule has 1 aromatic heterocycles. The number of nitrogens with one attached hydrogen (secondary N) is 1. The maximum atomic E-state index is 12.7. The maximum absolute atomic E-state index is 12.7. The molecule has 6 heteroatoms. The van der Waals surface area contributed by atoms with Crippen LogP contribution < -0.4 is 10.7 Å². The fourth-order valence-electron chi connectivity index (χ4n) is 2.41. The minimum Gasteiger partial charge on any atom is -0.462 e. The molecule has 1 heterocycles. The molecular formula is C19H24N2O4. The van der Waals surface area contributed by atoms with Gasteiger partial charge in [0.05, 0.1) is 12.1 Å². The Hall–Kier alpha value is -2.63. The number of hydrogen-bond acceptors (Lipinski definition) is 4. The van der Waals surface area contributed by atoms with Crippen LogP contribution in [0.25, 0.3) is 10.9 Å². The monoisotopic (exact) mass is 344 g/mol. The lowest BCUT2D eigenvalue weighted by Crippen LogP contribution is -2.27. The molecule has 0 aliphatic heterocycles. The summed E-state index contributed by atoms with van der Waals surface area (Å²) in [5, 5.41) is 3.18. The molecule has 1 aromatic carbocycles. The topological polar surface area (TPSA) is 77.4 Å². The standard InChI is InChI=1S/C19H24N2O4/c1-6-21-11-14(17(23)25-7-2)16(22)13-10-12(8-9-15(13)21)20-18(24)19(3,4)5/h8-11H,6-7H2,1-5H3,(H,20,24). The van der Waals surface area contributed by atoms with Crippen molar-refractivity contribution in [3.63, 3.8) is 0 Å². The van der Waals surface area contributed by atoms with E-state index in [0.717, 1.165) is 0 Å². The van der Waals surface area contributed by atoms with Crippen molar-refractivity contribution in [2.24, 2.45) is 5.41 Å². The van der Waals surface area contributed by atoms with Gasteiger partial charge in [-0.1, -0.05) is 20.8 Å². The maximum Gasteiger partial charge on any atom is 0.343 e. The fraction of sp³-hybridized carbons (Fsp3) is 0.421. The van der Waals surface area contributed by atoms with E-state index in [0.29, 0.717) is 23.1 Å². The van der Waals surface area contributed by atoms with Gasteiger partial charge >= 0.3 is 5.97 Å². The molecule has 0 spiro atoms. The van der Waals surface area contributed by atoms with E-state index in [1.54, 1.807) is 25.1 Å². The van der Waals surface area contributed by atoms with Gasteiger partial charge in [-0.2, -0.15) is 0 Å². The van der Waals surface area contributed by atoms with E-state index in [1.807, 2.05) is 32.3 Å². The van der Waals surface area contributed by atoms with E-state index < -0.39 is 16.8 Å². The van der Waals surface area contributed by atoms with Crippen molar-refractivity contribution in [1.29, 1.82) is 0 Å². The molecular weight excluding hydrogens is 320 g/mol. The van der Waals surface area contributed by atoms with Crippen LogP contribution in [0, 0.1) is 5.41 Å². The molecule has 1 N–H and O–H groups in total. The molecule has 0 fully saturated rings. The van der Waals surface area contributed by atoms with Crippen molar-refractivity contribution in [3.8, 4) is 0 Å². The van der Waals surface area contributed by atoms with E-state index in [9.17, 15) is 14.4 Å². The first kappa shape index (κ1) is 18.7. The van der Waals surface area contributed by atoms with Gasteiger partial charge in [-0.05, 0) is 32.0 Å². The molecule has 6 nitrogen and oxygen atoms in total. The quantitative estimate of drug-likeness (QED) is 0.864. The number of carbonyl (C=O) groups is 2. The SMILES string of the molecule is CCOC(=O)c1cn(CC)c2ccc(NC(=O)C(C)(C)C)cc2c1=O. The first-order valence-electron chi connectivity index (χ1n) is 8.34. The van der Waals surface area contributed by atoms with Crippen LogP contribution >= 0.6 is 0 Å². The van der Waals surface area contributed by atoms with Gasteiger partial charge < -0.3 is 14.6 Å². The number of nitrogens with zero attached hydrogens (tertiary/aromatic N) is 1. The number of ether oxygens (including phenoxy) is 1. The van der Waals surface area contributed by atoms with Gasteiger partial charge in [-0.25, -0.2) is 4.79 Å². The Morgan fingerprint density at radius 1 is 1.20 bits per heavy atom. The molecule has 0 atom stereocenters. The highest BCUT2D eigenvalue weighted by Gasteiger charge is 2.22. The van der Waals surface area contributed by atoms with Gasteiger partial charge in [0.25, 0.3) is 0 Å². The molecule has 0 saturated carbocycles. The number of anilines is 1. The Morgan fingerprint density at radius 3 is 2.44 bits per heavy atom. The number of esters is 1. The third-order valence-corrected chi connectivity index (χ3v) is 3.86. The molecule has 134 valence electrons. The summed E-state index contributed by atoms with van der Waals surface area (Å²) >= 11 is 0. The highest BCUT2D eigenvalue weighted by Crippen LogP contribution is 2.21. The smallest absolute Gasteiger partial charge is 0.343 e. The number of hydrogen-bond donors (Lipinski definition) is 1. The fourth-order valence-corrected chi connectivity index (χ4v) is 2.41. The third-order valence-electron chi connectivity index (χ3n) is 3.86. The summed E-state index contributed by atoms with van der Waals surface area (Å²) in [6.45, 7) is 9.84. The van der Waals surface area contributed by atoms with Gasteiger partial charge in [-0.3, -0.25) is 9.59 Å². The first-order valence-corrected chi connectivity index (χ1v) is 8.34. The number of fused-ring (bicyclic) bond motifs is 1. The zero-order chi connectivity index (χ0) is 18.8. The second-order valence-corrected chi connectivity index (χ2v) is 6.81. The minimum atomic E-state index is -0.638. The predicted octanol–water partition coefficient (Wildman–Crippen LogP) is 3.18. The van der Waals surface area contributed by atoms with Gasteiger partial charge in [0.2, 0.25) is 11.3 Å². The summed E-state index contributed by atoms with van der Waals surface area (Å²) in [5.74, 6) is -0.787. The van der Waals surface area contributed by atoms with Crippen molar-refractivity contribution in [2.75, 3.05) is 11.9 Å². The summed E-state index contributed by atoms with van der Waals surface area (Å²) in [6, 6.07) is 5.13. The largest absolute Gasteiger partial charge is 0.462 e. The van der Waals surface area contributed by atoms with Crippen LogP contribution in [0.3, 0.4) is 0 Å². The molecule has 0 saturated heterocycles. The van der Waals surface area contributed by atoms with Crippen molar-refractivity contribution in [3.05, 3.63) is 40.2 Å². The lowest BCUT2D eigenvalue weighted by atomic mass is 9.95. The molecule has 1 amide bonds. The highest BCUT2D eigenvalue weighted by molar-refractivity contribution is 5.98. The number of rotatable bonds is 4. The van der Waals surface area contributed by atoms with Gasteiger partial charge in [0.1, 0.15) is 5.56 Å². The number of aryl methyl sites for hydroxylation is 1. The van der Waals surface area contributed by atoms with Crippen LogP contribution in [0.4, 0.5) is 5.69 Å². The summed E-state index contributed by atoms with van der Waals surface area (Å²) < 4.78 is 6.79. The van der Waals surface area contributed by atoms with Crippen molar-refractivity contribution >= 4 is 28.5 Å². The average molecular weight is 344 g/mol. The molecule has 0 bridgehead atoms. The highest BCUT2D eigenvalue weighted by atomic mass is 16.5. The van der Waals surface area contributed by atoms with Crippen molar-refractivity contribution in [1.82, 2.24) is 4.57 Å². The number of benzene rings is 1. The summed E-state index contributed by atoms with van der Waals surface area (Å²) in [4.78, 5) is 37.0. The van der Waals surface area contributed by atoms with Gasteiger partial charge in [0, 0.05) is 29.2 Å². The van der Waals surface area contributed by atoms with Crippen LogP contribution in [0.15, 0.2) is 29.2 Å². The van der Waals surface area contributed by atoms with E-state index in [-0.39, 0.29) is 18.1 Å². The molecule has 0 aliphatic rings. The molecule has 2 rings (SSSR count). The van der Waals surface area contributed by atoms with Crippen molar-refractivity contribution in [2.45, 2.75) is 41.2 Å². The van der Waals surface area contributed by atoms with Crippen LogP contribution in [0.2, 0.25) is 0 Å². The number of amides is 1. The van der Waals surface area contributed by atoms with E-state index in [2.05, 4.69) is 5.32 Å². The zero-order valence-corrected chi connectivity index (χ0v) is 15.3. The summed E-state index contributed by atoms with van der Waals surface area (Å²) in [5.41, 5.74) is 0.272. The average Bonchev–Trinajstić information content (AvgIpc) is 2.55. The van der Waals surface area contributed by atoms with Gasteiger partial charge in [0.15, 0.2) is 0 Å². The van der Waals surface area contributed by atoms with E-state index in [4.69, 9.17) is 4.74 Å². The molecule has 0 radical (unpaired) electrons. The molecule has 2 aromatic rings. The third kappa shape index (κ3) is 3.90. The van der Waals surface area contributed by atoms with Crippen molar-refractivity contribution < 1.29 is 14.3 Å². The summed E-state index contributed by atoms with van der Waals surface area (Å²) in [6.07, 6.45) is 1.52. The Labute approximate surface area is 146 Å². The lowest BCUT2D eigenvalue weighted by Gasteiger charge is -2.18. The number of aromatic nitrogens is 1. The second-order valence-electron chi connectivity index (χ2n) is 6.81. The molecule has 0 unspecified atom stereocenters. The number of carbonyl (C=O) groups excluding carboxylic acids is 2. The first-order chi connectivity index (χ1) is 11.7. The van der Waals surface area contributed by atoms with Crippen LogP contribution in [0.5, 0.6) is 0 Å². The predicted molar refractivity (Wildman–Crippen MR) is 97.9 cm³/mol. The minimum absolute atomic E-state index is 0.00417. The van der Waals surface area contributed by atoms with E-state index >= 15 is 0 Å². The van der Waals surface area contributed by atoms with Crippen LogP contribution in [-0.2, 0) is 16.1 Å². The lowest BCUT2D eigenvalue weighted by molar-refractivity contribution is -0.123. The molecule has 0 aliphatic carbocycles. The normalized spacial score (nSPS) is 11.4. The molecule has 25 heavy (non-hydrogen) atoms. The second kappa shape index (κ2) is 7.09. The Bertz CT molecular complexity index is 875. The Kier molecular flexibility index (Phi) is 5.30.